The maximum atomic E-state index is 6.35. The number of fused-ring (bicyclic) bond motifs is 8. The molecule has 4 heteroatoms. The summed E-state index contributed by atoms with van der Waals surface area (Å²) in [5.74, 6) is 0. The molecule has 15 aromatic rings. The van der Waals surface area contributed by atoms with E-state index in [9.17, 15) is 0 Å². The fraction of sp³-hybridized carbons (Fsp3) is 0.0417. The minimum Gasteiger partial charge on any atom is -0.355 e. The first kappa shape index (κ1) is 60.9. The highest BCUT2D eigenvalue weighted by atomic mass is 15.0. The number of nitrogens with one attached hydrogen (secondary N) is 1. The van der Waals surface area contributed by atoms with Gasteiger partial charge in [-0.3, -0.25) is 0 Å². The van der Waals surface area contributed by atoms with Gasteiger partial charge in [0.25, 0.3) is 0 Å². The Hall–Kier alpha value is -12.8. The van der Waals surface area contributed by atoms with E-state index in [0.717, 1.165) is 195 Å². The Morgan fingerprint density at radius 3 is 0.950 bits per heavy atom. The molecular weight excluding hydrogens is 1210 g/mol. The molecule has 0 amide bonds. The zero-order valence-corrected chi connectivity index (χ0v) is 56.3. The molecule has 1 N–H and O–H groups in total. The first-order valence-electron chi connectivity index (χ1n) is 34.5. The predicted octanol–water partition coefficient (Wildman–Crippen LogP) is 25.9. The smallest absolute Gasteiger partial charge is 0.0769 e. The summed E-state index contributed by atoms with van der Waals surface area (Å²) in [4.78, 5) is 16.0. The number of aromatic amines is 1. The topological polar surface area (TPSA) is 46.5 Å². The number of aromatic nitrogens is 4. The lowest BCUT2D eigenvalue weighted by atomic mass is 9.79. The number of para-hydroxylation sites is 1. The summed E-state index contributed by atoms with van der Waals surface area (Å²) in [7, 11) is 0. The van der Waals surface area contributed by atoms with Gasteiger partial charge in [0.15, 0.2) is 0 Å². The summed E-state index contributed by atoms with van der Waals surface area (Å²) in [6.07, 6.45) is 4.37. The van der Waals surface area contributed by atoms with Crippen molar-refractivity contribution in [2.45, 2.75) is 27.7 Å². The van der Waals surface area contributed by atoms with Crippen molar-refractivity contribution in [2.24, 2.45) is 0 Å². The van der Waals surface area contributed by atoms with Crippen molar-refractivity contribution in [3.8, 4) is 128 Å². The van der Waals surface area contributed by atoms with Crippen molar-refractivity contribution in [3.05, 3.63) is 368 Å². The Morgan fingerprint density at radius 1 is 0.270 bits per heavy atom. The Balaban J connectivity index is 1.30. The third-order valence-corrected chi connectivity index (χ3v) is 20.1. The summed E-state index contributed by atoms with van der Waals surface area (Å²) >= 11 is 0. The van der Waals surface area contributed by atoms with E-state index in [4.69, 9.17) is 9.97 Å². The van der Waals surface area contributed by atoms with Gasteiger partial charge >= 0.3 is 0 Å². The molecule has 0 aliphatic carbocycles. The van der Waals surface area contributed by atoms with Crippen LogP contribution in [-0.2, 0) is 0 Å². The second-order valence-electron chi connectivity index (χ2n) is 26.1. The van der Waals surface area contributed by atoms with Gasteiger partial charge in [-0.05, 0) is 158 Å². The molecule has 5 heterocycles. The number of hydrogen-bond acceptors (Lipinski definition) is 2. The van der Waals surface area contributed by atoms with Gasteiger partial charge in [0, 0.05) is 55.5 Å². The second-order valence-corrected chi connectivity index (χ2v) is 26.1. The molecular formula is C96H70N4. The molecule has 0 fully saturated rings. The first-order valence-corrected chi connectivity index (χ1v) is 34.5. The molecule has 12 aromatic carbocycles. The van der Waals surface area contributed by atoms with Gasteiger partial charge < -0.3 is 9.55 Å². The molecule has 0 radical (unpaired) electrons. The normalized spacial score (nSPS) is 11.9. The van der Waals surface area contributed by atoms with E-state index in [1.54, 1.807) is 0 Å². The molecule has 0 atom stereocenters. The molecule has 2 aliphatic rings. The number of H-pyrrole nitrogens is 1. The molecule has 4 nitrogen and oxygen atoms in total. The number of hydrogen-bond donors (Lipinski definition) is 1. The van der Waals surface area contributed by atoms with Crippen LogP contribution >= 0.6 is 0 Å². The van der Waals surface area contributed by atoms with Crippen molar-refractivity contribution in [2.75, 3.05) is 0 Å². The van der Waals surface area contributed by atoms with Crippen LogP contribution in [0, 0.1) is 13.8 Å². The van der Waals surface area contributed by atoms with Crippen molar-refractivity contribution in [3.63, 3.8) is 0 Å². The fourth-order valence-electron chi connectivity index (χ4n) is 15.4. The number of allylic oxidation sites excluding steroid dienone is 2. The highest BCUT2D eigenvalue weighted by molar-refractivity contribution is 6.21. The Labute approximate surface area is 584 Å². The van der Waals surface area contributed by atoms with Crippen molar-refractivity contribution in [1.82, 2.24) is 19.5 Å². The minimum atomic E-state index is 0.802. The molecule has 0 saturated heterocycles. The van der Waals surface area contributed by atoms with Crippen molar-refractivity contribution in [1.29, 1.82) is 0 Å². The Bertz CT molecular complexity index is 5640. The predicted molar refractivity (Wildman–Crippen MR) is 422 cm³/mol. The SMILES string of the molecule is CC1=C(C)c2nc1c(C)c1[nH]c(cc3nc(cc4c(-c5c(-c6ccccc6)cccc5-c5ccccc5)c(-c5c(-c6ccccc6)cccc5-c5ccccc5)c(c2-c2c(-c5ccccc5)cccc2-c2ccccc2)n4-c2c(-c4ccccc4)cccc2-c2ccccc2)C=C3)cc1C. The zero-order valence-electron chi connectivity index (χ0n) is 56.3. The van der Waals surface area contributed by atoms with Gasteiger partial charge in [0.2, 0.25) is 0 Å². The highest BCUT2D eigenvalue weighted by Crippen LogP contribution is 2.59. The second kappa shape index (κ2) is 26.0. The lowest BCUT2D eigenvalue weighted by Gasteiger charge is -2.24. The van der Waals surface area contributed by atoms with Gasteiger partial charge in [-0.1, -0.05) is 315 Å². The lowest BCUT2D eigenvalue weighted by Crippen LogP contribution is -2.04. The summed E-state index contributed by atoms with van der Waals surface area (Å²) in [5, 5.41) is 0. The van der Waals surface area contributed by atoms with E-state index in [-0.39, 0.29) is 0 Å². The summed E-state index contributed by atoms with van der Waals surface area (Å²) in [5.41, 5.74) is 36.1. The number of aryl methyl sites for hydroxylation is 2. The third kappa shape index (κ3) is 10.8. The van der Waals surface area contributed by atoms with Crippen LogP contribution in [-0.4, -0.2) is 19.5 Å². The molecule has 474 valence electrons. The van der Waals surface area contributed by atoms with Gasteiger partial charge in [0.1, 0.15) is 0 Å². The minimum absolute atomic E-state index is 0.802. The van der Waals surface area contributed by atoms with Gasteiger partial charge in [-0.15, -0.1) is 0 Å². The lowest BCUT2D eigenvalue weighted by molar-refractivity contribution is 1.17. The van der Waals surface area contributed by atoms with Gasteiger partial charge in [-0.25, -0.2) is 9.97 Å². The molecule has 0 spiro atoms. The van der Waals surface area contributed by atoms with Crippen molar-refractivity contribution < 1.29 is 0 Å². The van der Waals surface area contributed by atoms with E-state index >= 15 is 0 Å². The number of nitrogens with zero attached hydrogens (tertiary/aromatic N) is 3. The molecule has 0 saturated carbocycles. The first-order chi connectivity index (χ1) is 49.3. The fourth-order valence-corrected chi connectivity index (χ4v) is 15.4. The van der Waals surface area contributed by atoms with Crippen LogP contribution in [0.1, 0.15) is 47.8 Å². The van der Waals surface area contributed by atoms with Crippen LogP contribution in [0.3, 0.4) is 0 Å². The summed E-state index contributed by atoms with van der Waals surface area (Å²) in [6.45, 7) is 9.03. The monoisotopic (exact) mass is 1280 g/mol. The number of benzene rings is 12. The van der Waals surface area contributed by atoms with E-state index in [1.165, 1.54) is 0 Å². The molecule has 100 heavy (non-hydrogen) atoms. The van der Waals surface area contributed by atoms with Crippen LogP contribution in [0.2, 0.25) is 0 Å². The number of rotatable bonds is 12. The van der Waals surface area contributed by atoms with E-state index in [1.807, 2.05) is 0 Å². The van der Waals surface area contributed by atoms with Crippen LogP contribution in [0.5, 0.6) is 0 Å². The quantitative estimate of drug-likeness (QED) is 0.133. The maximum Gasteiger partial charge on any atom is 0.0769 e. The van der Waals surface area contributed by atoms with E-state index in [0.29, 0.717) is 0 Å². The Kier molecular flexibility index (Phi) is 15.8. The van der Waals surface area contributed by atoms with Gasteiger partial charge in [-0.2, -0.15) is 0 Å². The molecule has 17 rings (SSSR count). The average molecular weight is 1280 g/mol. The molecule has 8 bridgehead atoms. The van der Waals surface area contributed by atoms with Crippen molar-refractivity contribution >= 4 is 45.4 Å². The van der Waals surface area contributed by atoms with Crippen LogP contribution < -0.4 is 0 Å². The Morgan fingerprint density at radius 2 is 0.580 bits per heavy atom. The third-order valence-electron chi connectivity index (χ3n) is 20.1. The molecule has 3 aromatic heterocycles. The average Bonchev–Trinajstić information content (AvgIpc) is 1.50. The summed E-state index contributed by atoms with van der Waals surface area (Å²) < 4.78 is 2.69. The summed E-state index contributed by atoms with van der Waals surface area (Å²) in [6, 6.07) is 123. The standard InChI is InChI=1S/C96H70N4/c1-62-59-76-60-74-57-58-75(97-74)61-85-89(86-77(66-33-13-5-14-34-66)49-29-50-78(86)67-35-15-6-16-36-67)90(87-79(68-37-17-7-18-38-68)51-30-52-80(87)69-39-19-8-20-40-69)96(100(85)95-83(72-45-25-11-26-46-72)55-32-56-84(95)73-47-27-12-28-48-73)91(94-64(3)63(2)93(99-94)65(4)92(62)98-76)88-81(70-41-21-9-22-42-70)53-31-54-82(88)71-43-23-10-24-44-71/h5-61,98H,1-4H3. The zero-order chi connectivity index (χ0) is 67.2. The molecule has 0 unspecified atom stereocenters. The largest absolute Gasteiger partial charge is 0.355 e. The van der Waals surface area contributed by atoms with Crippen LogP contribution in [0.4, 0.5) is 0 Å². The van der Waals surface area contributed by atoms with Crippen LogP contribution in [0.15, 0.2) is 334 Å². The molecule has 2 aliphatic heterocycles. The van der Waals surface area contributed by atoms with E-state index in [2.05, 4.69) is 383 Å². The maximum absolute atomic E-state index is 6.35. The highest BCUT2D eigenvalue weighted by Gasteiger charge is 2.36. The van der Waals surface area contributed by atoms with Crippen LogP contribution in [0.25, 0.3) is 173 Å². The van der Waals surface area contributed by atoms with Gasteiger partial charge in [0.05, 0.1) is 39.5 Å². The van der Waals surface area contributed by atoms with E-state index < -0.39 is 0 Å².